The molecule has 0 aliphatic carbocycles. The highest BCUT2D eigenvalue weighted by Gasteiger charge is 2.05. The van der Waals surface area contributed by atoms with Crippen LogP contribution in [0, 0.1) is 19.8 Å². The quantitative estimate of drug-likeness (QED) is 0.499. The Morgan fingerprint density at radius 3 is 2.38 bits per heavy atom. The number of hydrogen-bond acceptors (Lipinski definition) is 2. The van der Waals surface area contributed by atoms with Crippen LogP contribution in [0.3, 0.4) is 0 Å². The number of hydrogen-bond donors (Lipinski definition) is 2. The number of rotatable bonds is 6. The molecular weight excluding hydrogens is 356 g/mol. The highest BCUT2D eigenvalue weighted by Crippen LogP contribution is 2.22. The maximum absolute atomic E-state index is 5.90. The smallest absolute Gasteiger partial charge is 0.170 e. The standard InChI is InChI=1S/C19H23ClN2S2/c1-13-8-14(2)10-17(9-13)22-19(23)21-11-15(3)12-24-18-6-4-16(20)5-7-18/h4-10,15H,11-12H2,1-3H3,(H2,21,22,23)/t15-/m1/s1. The molecule has 0 spiro atoms. The van der Waals surface area contributed by atoms with Gasteiger partial charge in [0, 0.05) is 27.9 Å². The summed E-state index contributed by atoms with van der Waals surface area (Å²) in [6.45, 7) is 7.24. The van der Waals surface area contributed by atoms with Crippen LogP contribution in [0.2, 0.25) is 5.02 Å². The van der Waals surface area contributed by atoms with Crippen molar-refractivity contribution in [3.63, 3.8) is 0 Å². The van der Waals surface area contributed by atoms with Crippen LogP contribution in [0.5, 0.6) is 0 Å². The topological polar surface area (TPSA) is 24.1 Å². The number of halogens is 1. The minimum atomic E-state index is 0.504. The van der Waals surface area contributed by atoms with Crippen molar-refractivity contribution in [3.8, 4) is 0 Å². The number of anilines is 1. The molecule has 0 aromatic heterocycles. The van der Waals surface area contributed by atoms with E-state index in [9.17, 15) is 0 Å². The average molecular weight is 379 g/mol. The summed E-state index contributed by atoms with van der Waals surface area (Å²) in [5.74, 6) is 1.53. The van der Waals surface area contributed by atoms with E-state index in [-0.39, 0.29) is 0 Å². The number of thioether (sulfide) groups is 1. The molecule has 0 bridgehead atoms. The molecule has 0 aliphatic heterocycles. The third kappa shape index (κ3) is 6.71. The Morgan fingerprint density at radius 1 is 1.12 bits per heavy atom. The van der Waals surface area contributed by atoms with Gasteiger partial charge in [-0.25, -0.2) is 0 Å². The van der Waals surface area contributed by atoms with E-state index in [2.05, 4.69) is 61.7 Å². The molecule has 0 fully saturated rings. The lowest BCUT2D eigenvalue weighted by molar-refractivity contribution is 0.637. The van der Waals surface area contributed by atoms with E-state index in [4.69, 9.17) is 23.8 Å². The molecule has 0 heterocycles. The predicted octanol–water partition coefficient (Wildman–Crippen LogP) is 5.67. The second-order valence-corrected chi connectivity index (χ2v) is 8.02. The van der Waals surface area contributed by atoms with E-state index in [0.29, 0.717) is 11.0 Å². The average Bonchev–Trinajstić information content (AvgIpc) is 2.51. The Bertz CT molecular complexity index is 666. The molecule has 2 aromatic rings. The minimum absolute atomic E-state index is 0.504. The monoisotopic (exact) mass is 378 g/mol. The van der Waals surface area contributed by atoms with Gasteiger partial charge in [-0.3, -0.25) is 0 Å². The van der Waals surface area contributed by atoms with Crippen LogP contribution in [-0.2, 0) is 0 Å². The summed E-state index contributed by atoms with van der Waals surface area (Å²) in [6, 6.07) is 14.3. The lowest BCUT2D eigenvalue weighted by Gasteiger charge is -2.15. The highest BCUT2D eigenvalue weighted by molar-refractivity contribution is 7.99. The first-order valence-electron chi connectivity index (χ1n) is 7.94. The fourth-order valence-electron chi connectivity index (χ4n) is 2.32. The summed E-state index contributed by atoms with van der Waals surface area (Å²) < 4.78 is 0. The lowest BCUT2D eigenvalue weighted by Crippen LogP contribution is -2.32. The molecule has 2 nitrogen and oxygen atoms in total. The normalized spacial score (nSPS) is 11.8. The highest BCUT2D eigenvalue weighted by atomic mass is 35.5. The maximum Gasteiger partial charge on any atom is 0.170 e. The van der Waals surface area contributed by atoms with Crippen LogP contribution in [-0.4, -0.2) is 17.4 Å². The maximum atomic E-state index is 5.90. The van der Waals surface area contributed by atoms with Gasteiger partial charge in [-0.15, -0.1) is 11.8 Å². The zero-order valence-electron chi connectivity index (χ0n) is 14.2. The molecule has 24 heavy (non-hydrogen) atoms. The van der Waals surface area contributed by atoms with Gasteiger partial charge in [-0.05, 0) is 79.5 Å². The van der Waals surface area contributed by atoms with Crippen molar-refractivity contribution in [2.24, 2.45) is 5.92 Å². The number of benzene rings is 2. The summed E-state index contributed by atoms with van der Waals surface area (Å²) in [5.41, 5.74) is 3.49. The molecule has 2 N–H and O–H groups in total. The van der Waals surface area contributed by atoms with Gasteiger partial charge in [0.15, 0.2) is 5.11 Å². The van der Waals surface area contributed by atoms with E-state index in [1.165, 1.54) is 16.0 Å². The number of nitrogens with one attached hydrogen (secondary N) is 2. The molecule has 128 valence electrons. The van der Waals surface area contributed by atoms with Gasteiger partial charge < -0.3 is 10.6 Å². The molecule has 0 saturated heterocycles. The van der Waals surface area contributed by atoms with Gasteiger partial charge in [0.05, 0.1) is 0 Å². The van der Waals surface area contributed by atoms with Crippen LogP contribution in [0.15, 0.2) is 47.4 Å². The van der Waals surface area contributed by atoms with Gasteiger partial charge in [0.1, 0.15) is 0 Å². The van der Waals surface area contributed by atoms with Gasteiger partial charge in [0.25, 0.3) is 0 Å². The third-order valence-electron chi connectivity index (χ3n) is 3.44. The first-order valence-corrected chi connectivity index (χ1v) is 9.71. The SMILES string of the molecule is Cc1cc(C)cc(NC(=S)NC[C@@H](C)CSc2ccc(Cl)cc2)c1. The molecular formula is C19H23ClN2S2. The molecule has 2 rings (SSSR count). The summed E-state index contributed by atoms with van der Waals surface area (Å²) in [4.78, 5) is 1.24. The largest absolute Gasteiger partial charge is 0.362 e. The van der Waals surface area contributed by atoms with Crippen molar-refractivity contribution in [2.45, 2.75) is 25.7 Å². The van der Waals surface area contributed by atoms with Crippen molar-refractivity contribution < 1.29 is 0 Å². The van der Waals surface area contributed by atoms with Crippen molar-refractivity contribution in [3.05, 3.63) is 58.6 Å². The molecule has 0 saturated carbocycles. The summed E-state index contributed by atoms with van der Waals surface area (Å²) in [5, 5.41) is 8.00. The van der Waals surface area contributed by atoms with E-state index < -0.39 is 0 Å². The fourth-order valence-corrected chi connectivity index (χ4v) is 3.57. The van der Waals surface area contributed by atoms with Crippen LogP contribution < -0.4 is 10.6 Å². The van der Waals surface area contributed by atoms with Gasteiger partial charge in [0.2, 0.25) is 0 Å². The Labute approximate surface area is 159 Å². The van der Waals surface area contributed by atoms with Crippen LogP contribution in [0.1, 0.15) is 18.1 Å². The zero-order valence-corrected chi connectivity index (χ0v) is 16.6. The Balaban J connectivity index is 1.73. The molecule has 0 unspecified atom stereocenters. The van der Waals surface area contributed by atoms with Gasteiger partial charge in [-0.2, -0.15) is 0 Å². The Morgan fingerprint density at radius 2 is 1.75 bits per heavy atom. The number of thiocarbonyl (C=S) groups is 1. The summed E-state index contributed by atoms with van der Waals surface area (Å²) >= 11 is 13.1. The lowest BCUT2D eigenvalue weighted by atomic mass is 10.1. The summed E-state index contributed by atoms with van der Waals surface area (Å²) in [7, 11) is 0. The molecule has 2 aromatic carbocycles. The van der Waals surface area contributed by atoms with Crippen LogP contribution in [0.25, 0.3) is 0 Å². The molecule has 0 radical (unpaired) electrons. The summed E-state index contributed by atoms with van der Waals surface area (Å²) in [6.07, 6.45) is 0. The second kappa shape index (κ2) is 9.30. The van der Waals surface area contributed by atoms with E-state index >= 15 is 0 Å². The Hall–Kier alpha value is -1.23. The van der Waals surface area contributed by atoms with E-state index in [0.717, 1.165) is 23.0 Å². The predicted molar refractivity (Wildman–Crippen MR) is 111 cm³/mol. The molecule has 5 heteroatoms. The van der Waals surface area contributed by atoms with Crippen molar-refractivity contribution in [2.75, 3.05) is 17.6 Å². The van der Waals surface area contributed by atoms with Crippen LogP contribution in [0.4, 0.5) is 5.69 Å². The van der Waals surface area contributed by atoms with Gasteiger partial charge >= 0.3 is 0 Å². The van der Waals surface area contributed by atoms with Crippen molar-refractivity contribution >= 4 is 46.4 Å². The second-order valence-electron chi connectivity index (χ2n) is 6.08. The Kier molecular flexibility index (Phi) is 7.40. The van der Waals surface area contributed by atoms with Crippen molar-refractivity contribution in [1.82, 2.24) is 5.32 Å². The van der Waals surface area contributed by atoms with E-state index in [1.807, 2.05) is 23.9 Å². The fraction of sp³-hybridized carbons (Fsp3) is 0.316. The first-order chi connectivity index (χ1) is 11.4. The third-order valence-corrected chi connectivity index (χ3v) is 5.28. The molecule has 0 amide bonds. The van der Waals surface area contributed by atoms with Crippen molar-refractivity contribution in [1.29, 1.82) is 0 Å². The minimum Gasteiger partial charge on any atom is -0.362 e. The first kappa shape index (κ1) is 19.1. The van der Waals surface area contributed by atoms with Gasteiger partial charge in [-0.1, -0.05) is 24.6 Å². The number of aryl methyl sites for hydroxylation is 2. The molecule has 1 atom stereocenters. The van der Waals surface area contributed by atoms with E-state index in [1.54, 1.807) is 0 Å². The van der Waals surface area contributed by atoms with Crippen LogP contribution >= 0.6 is 35.6 Å². The molecule has 0 aliphatic rings. The zero-order chi connectivity index (χ0) is 17.5.